The summed E-state index contributed by atoms with van der Waals surface area (Å²) in [6.07, 6.45) is 2.22. The van der Waals surface area contributed by atoms with E-state index >= 15 is 0 Å². The van der Waals surface area contributed by atoms with Gasteiger partial charge in [-0.2, -0.15) is 0 Å². The number of nitrogens with two attached hydrogens (primary N) is 1. The average Bonchev–Trinajstić information content (AvgIpc) is 2.70. The highest BCUT2D eigenvalue weighted by atomic mass is 16.2. The molecule has 0 spiro atoms. The second-order valence-corrected chi connectivity index (χ2v) is 8.95. The summed E-state index contributed by atoms with van der Waals surface area (Å²) in [5, 5.41) is 0. The molecule has 2 heterocycles. The first-order chi connectivity index (χ1) is 14.8. The Morgan fingerprint density at radius 2 is 1.97 bits per heavy atom. The molecule has 31 heavy (non-hydrogen) atoms. The van der Waals surface area contributed by atoms with Gasteiger partial charge in [-0.15, -0.1) is 0 Å². The highest BCUT2D eigenvalue weighted by Gasteiger charge is 2.27. The van der Waals surface area contributed by atoms with Gasteiger partial charge in [-0.1, -0.05) is 51.1 Å². The van der Waals surface area contributed by atoms with Crippen molar-refractivity contribution in [2.24, 2.45) is 11.8 Å². The van der Waals surface area contributed by atoms with Crippen molar-refractivity contribution < 1.29 is 4.79 Å². The Labute approximate surface area is 182 Å². The maximum absolute atomic E-state index is 13.3. The lowest BCUT2D eigenvalue weighted by Gasteiger charge is -2.33. The molecule has 1 aliphatic heterocycles. The van der Waals surface area contributed by atoms with Gasteiger partial charge in [0.25, 0.3) is 5.56 Å². The lowest BCUT2D eigenvalue weighted by Crippen LogP contribution is -2.48. The first-order valence-electron chi connectivity index (χ1n) is 11.0. The van der Waals surface area contributed by atoms with E-state index in [-0.39, 0.29) is 36.4 Å². The maximum atomic E-state index is 13.3. The van der Waals surface area contributed by atoms with E-state index in [0.717, 1.165) is 31.5 Å². The number of nitrogens with one attached hydrogen (secondary N) is 1. The van der Waals surface area contributed by atoms with Crippen LogP contribution in [0.1, 0.15) is 39.2 Å². The molecule has 0 bridgehead atoms. The number of aromatic nitrogens is 2. The number of hydrogen-bond donors (Lipinski definition) is 2. The second kappa shape index (κ2) is 9.96. The number of anilines is 2. The van der Waals surface area contributed by atoms with Crippen molar-refractivity contribution in [2.75, 3.05) is 36.8 Å². The molecule has 1 aromatic carbocycles. The molecular weight excluding hydrogens is 394 g/mol. The van der Waals surface area contributed by atoms with Gasteiger partial charge >= 0.3 is 5.69 Å². The Bertz CT molecular complexity index is 1010. The normalized spacial score (nSPS) is 17.1. The monoisotopic (exact) mass is 427 g/mol. The number of carbonyl (C=O) groups excluding carboxylic acids is 1. The van der Waals surface area contributed by atoms with Crippen LogP contribution in [0.3, 0.4) is 0 Å². The summed E-state index contributed by atoms with van der Waals surface area (Å²) < 4.78 is 1.32. The molecule has 1 atom stereocenters. The lowest BCUT2D eigenvalue weighted by atomic mass is 10.0. The minimum Gasteiger partial charge on any atom is -0.383 e. The third-order valence-electron chi connectivity index (χ3n) is 5.62. The number of benzene rings is 1. The molecule has 1 saturated heterocycles. The Kier molecular flexibility index (Phi) is 7.33. The van der Waals surface area contributed by atoms with Gasteiger partial charge in [0.05, 0.1) is 13.1 Å². The number of carbonyl (C=O) groups is 1. The van der Waals surface area contributed by atoms with Crippen molar-refractivity contribution in [3.05, 3.63) is 56.7 Å². The highest BCUT2D eigenvalue weighted by molar-refractivity contribution is 5.96. The molecular formula is C23H33N5O3. The van der Waals surface area contributed by atoms with Crippen LogP contribution in [-0.2, 0) is 11.3 Å². The van der Waals surface area contributed by atoms with Crippen LogP contribution in [0.4, 0.5) is 11.5 Å². The smallest absolute Gasteiger partial charge is 0.330 e. The van der Waals surface area contributed by atoms with E-state index in [2.05, 4.69) is 16.8 Å². The van der Waals surface area contributed by atoms with Crippen LogP contribution in [0.2, 0.25) is 0 Å². The molecule has 8 nitrogen and oxygen atoms in total. The van der Waals surface area contributed by atoms with Gasteiger partial charge in [0.15, 0.2) is 5.69 Å². The van der Waals surface area contributed by atoms with Crippen molar-refractivity contribution >= 4 is 17.4 Å². The van der Waals surface area contributed by atoms with Gasteiger partial charge in [0.2, 0.25) is 5.91 Å². The van der Waals surface area contributed by atoms with Gasteiger partial charge in [-0.3, -0.25) is 24.0 Å². The Morgan fingerprint density at radius 1 is 1.26 bits per heavy atom. The fourth-order valence-corrected chi connectivity index (χ4v) is 4.15. The zero-order chi connectivity index (χ0) is 22.5. The van der Waals surface area contributed by atoms with Crippen molar-refractivity contribution in [1.29, 1.82) is 0 Å². The molecule has 0 radical (unpaired) electrons. The summed E-state index contributed by atoms with van der Waals surface area (Å²) >= 11 is 0. The van der Waals surface area contributed by atoms with Gasteiger partial charge in [-0.05, 0) is 36.8 Å². The summed E-state index contributed by atoms with van der Waals surface area (Å²) in [4.78, 5) is 44.5. The summed E-state index contributed by atoms with van der Waals surface area (Å²) in [6, 6.07) is 9.39. The van der Waals surface area contributed by atoms with E-state index in [9.17, 15) is 14.4 Å². The number of nitrogen functional groups attached to an aromatic ring is 1. The second-order valence-electron chi connectivity index (χ2n) is 8.95. The number of likely N-dealkylation sites (tertiary alicyclic amines) is 1. The van der Waals surface area contributed by atoms with E-state index in [1.807, 2.05) is 44.2 Å². The number of piperidine rings is 1. The molecule has 0 saturated carbocycles. The lowest BCUT2D eigenvalue weighted by molar-refractivity contribution is -0.120. The summed E-state index contributed by atoms with van der Waals surface area (Å²) in [5.74, 6) is 0.502. The summed E-state index contributed by atoms with van der Waals surface area (Å²) in [5.41, 5.74) is 6.05. The predicted molar refractivity (Wildman–Crippen MR) is 123 cm³/mol. The van der Waals surface area contributed by atoms with E-state index in [1.54, 1.807) is 0 Å². The number of rotatable bonds is 7. The van der Waals surface area contributed by atoms with Gasteiger partial charge < -0.3 is 10.6 Å². The SMILES string of the molecule is CC(C)CN(C(=O)CN1CCCC(C)C1)c1c(N)n(Cc2ccccc2)c(=O)[nH]c1=O. The van der Waals surface area contributed by atoms with Crippen LogP contribution in [0, 0.1) is 11.8 Å². The van der Waals surface area contributed by atoms with Crippen LogP contribution in [0.15, 0.2) is 39.9 Å². The molecule has 1 amide bonds. The number of nitrogens with zero attached hydrogens (tertiary/aromatic N) is 3. The standard InChI is InChI=1S/C23H33N5O3/c1-16(2)12-27(19(29)15-26-11-7-8-17(3)13-26)20-21(24)28(23(31)25-22(20)30)14-18-9-5-4-6-10-18/h4-6,9-10,16-17H,7-8,11-15,24H2,1-3H3,(H,25,30,31). The minimum atomic E-state index is -0.632. The van der Waals surface area contributed by atoms with Gasteiger partial charge in [-0.25, -0.2) is 4.79 Å². The molecule has 3 rings (SSSR count). The summed E-state index contributed by atoms with van der Waals surface area (Å²) in [6.45, 7) is 8.66. The Morgan fingerprint density at radius 3 is 2.61 bits per heavy atom. The molecule has 1 fully saturated rings. The van der Waals surface area contributed by atoms with Crippen molar-refractivity contribution in [1.82, 2.24) is 14.5 Å². The average molecular weight is 428 g/mol. The molecule has 3 N–H and O–H groups in total. The molecule has 8 heteroatoms. The van der Waals surface area contributed by atoms with Crippen molar-refractivity contribution in [3.63, 3.8) is 0 Å². The molecule has 168 valence electrons. The van der Waals surface area contributed by atoms with Crippen LogP contribution >= 0.6 is 0 Å². The van der Waals surface area contributed by atoms with E-state index in [1.165, 1.54) is 9.47 Å². The van der Waals surface area contributed by atoms with Crippen LogP contribution in [0.5, 0.6) is 0 Å². The summed E-state index contributed by atoms with van der Waals surface area (Å²) in [7, 11) is 0. The third kappa shape index (κ3) is 5.64. The van der Waals surface area contributed by atoms with Gasteiger partial charge in [0.1, 0.15) is 5.82 Å². The maximum Gasteiger partial charge on any atom is 0.330 e. The fraction of sp³-hybridized carbons (Fsp3) is 0.522. The zero-order valence-electron chi connectivity index (χ0n) is 18.6. The number of hydrogen-bond acceptors (Lipinski definition) is 5. The molecule has 1 aromatic heterocycles. The van der Waals surface area contributed by atoms with Crippen LogP contribution in [-0.4, -0.2) is 46.5 Å². The Hall–Kier alpha value is -2.87. The number of amides is 1. The fourth-order valence-electron chi connectivity index (χ4n) is 4.15. The van der Waals surface area contributed by atoms with E-state index < -0.39 is 11.2 Å². The molecule has 0 aliphatic carbocycles. The molecule has 2 aromatic rings. The minimum absolute atomic E-state index is 0.0126. The molecule has 1 aliphatic rings. The highest BCUT2D eigenvalue weighted by Crippen LogP contribution is 2.21. The zero-order valence-corrected chi connectivity index (χ0v) is 18.6. The Balaban J connectivity index is 1.96. The first kappa shape index (κ1) is 22.8. The third-order valence-corrected chi connectivity index (χ3v) is 5.62. The topological polar surface area (TPSA) is 104 Å². The first-order valence-corrected chi connectivity index (χ1v) is 11.0. The van der Waals surface area contributed by atoms with E-state index in [4.69, 9.17) is 5.73 Å². The molecule has 1 unspecified atom stereocenters. The van der Waals surface area contributed by atoms with Crippen molar-refractivity contribution in [2.45, 2.75) is 40.2 Å². The van der Waals surface area contributed by atoms with Crippen LogP contribution in [0.25, 0.3) is 0 Å². The van der Waals surface area contributed by atoms with E-state index in [0.29, 0.717) is 12.5 Å². The predicted octanol–water partition coefficient (Wildman–Crippen LogP) is 1.89. The van der Waals surface area contributed by atoms with Crippen LogP contribution < -0.4 is 21.9 Å². The number of aromatic amines is 1. The van der Waals surface area contributed by atoms with Gasteiger partial charge in [0, 0.05) is 13.1 Å². The quantitative estimate of drug-likeness (QED) is 0.702. The van der Waals surface area contributed by atoms with Crippen molar-refractivity contribution in [3.8, 4) is 0 Å². The largest absolute Gasteiger partial charge is 0.383 e. The number of H-pyrrole nitrogens is 1.